The van der Waals surface area contributed by atoms with Crippen molar-refractivity contribution in [3.8, 4) is 5.69 Å². The number of nitrogens with one attached hydrogen (secondary N) is 1. The van der Waals surface area contributed by atoms with E-state index in [0.29, 0.717) is 29.4 Å². The normalized spacial score (nSPS) is 24.7. The highest BCUT2D eigenvalue weighted by Gasteiger charge is 2.52. The van der Waals surface area contributed by atoms with Crippen LogP contribution in [0.1, 0.15) is 29.4 Å². The van der Waals surface area contributed by atoms with Gasteiger partial charge in [-0.05, 0) is 42.5 Å². The molecule has 0 spiro atoms. The molecule has 1 saturated carbocycles. The van der Waals surface area contributed by atoms with Crippen molar-refractivity contribution < 1.29 is 18.0 Å². The third kappa shape index (κ3) is 3.49. The molecular formula is C22H21F3N6O. The van der Waals surface area contributed by atoms with Gasteiger partial charge in [-0.1, -0.05) is 19.1 Å². The van der Waals surface area contributed by atoms with Gasteiger partial charge in [0.15, 0.2) is 0 Å². The Bertz CT molecular complexity index is 1120. The Kier molecular flexibility index (Phi) is 4.87. The number of rotatable bonds is 4. The van der Waals surface area contributed by atoms with Crippen LogP contribution in [0.25, 0.3) is 5.69 Å². The molecule has 7 nitrogen and oxygen atoms in total. The van der Waals surface area contributed by atoms with E-state index in [9.17, 15) is 18.0 Å². The Morgan fingerprint density at radius 1 is 1.12 bits per heavy atom. The van der Waals surface area contributed by atoms with Crippen LogP contribution in [0.2, 0.25) is 0 Å². The molecule has 1 aliphatic carbocycles. The van der Waals surface area contributed by atoms with Crippen LogP contribution in [0.4, 0.5) is 18.9 Å². The summed E-state index contributed by atoms with van der Waals surface area (Å²) in [4.78, 5) is 20.4. The van der Waals surface area contributed by atoms with Gasteiger partial charge in [-0.25, -0.2) is 4.98 Å². The van der Waals surface area contributed by atoms with Crippen molar-refractivity contribution in [3.05, 3.63) is 66.2 Å². The third-order valence-corrected chi connectivity index (χ3v) is 6.48. The predicted octanol–water partition coefficient (Wildman–Crippen LogP) is 3.64. The molecule has 2 fully saturated rings. The van der Waals surface area contributed by atoms with Gasteiger partial charge in [0.2, 0.25) is 0 Å². The van der Waals surface area contributed by atoms with E-state index >= 15 is 0 Å². The van der Waals surface area contributed by atoms with Gasteiger partial charge in [-0.3, -0.25) is 4.79 Å². The lowest BCUT2D eigenvalue weighted by molar-refractivity contribution is -0.141. The first-order chi connectivity index (χ1) is 15.3. The van der Waals surface area contributed by atoms with Gasteiger partial charge in [-0.15, -0.1) is 0 Å². The van der Waals surface area contributed by atoms with Gasteiger partial charge in [-0.2, -0.15) is 28.2 Å². The third-order valence-electron chi connectivity index (χ3n) is 6.48. The van der Waals surface area contributed by atoms with Gasteiger partial charge in [0.1, 0.15) is 5.69 Å². The van der Waals surface area contributed by atoms with Crippen LogP contribution in [0.5, 0.6) is 0 Å². The second kappa shape index (κ2) is 7.61. The summed E-state index contributed by atoms with van der Waals surface area (Å²) in [5, 5.41) is 11.6. The predicted molar refractivity (Wildman–Crippen MR) is 110 cm³/mol. The topological polar surface area (TPSA) is 75.9 Å². The molecule has 0 radical (unpaired) electrons. The molecule has 2 aliphatic rings. The average Bonchev–Trinajstić information content (AvgIpc) is 3.49. The number of alkyl halides is 3. The minimum atomic E-state index is -4.47. The minimum absolute atomic E-state index is 0.0683. The summed E-state index contributed by atoms with van der Waals surface area (Å²) in [5.41, 5.74) is 0.703. The van der Waals surface area contributed by atoms with Crippen LogP contribution in [0.15, 0.2) is 55.0 Å². The van der Waals surface area contributed by atoms with Crippen LogP contribution in [0.3, 0.4) is 0 Å². The second-order valence-electron chi connectivity index (χ2n) is 8.32. The summed E-state index contributed by atoms with van der Waals surface area (Å²) in [5.74, 6) is 0.488. The maximum atomic E-state index is 13.5. The minimum Gasteiger partial charge on any atom is -0.379 e. The van der Waals surface area contributed by atoms with Gasteiger partial charge in [0.05, 0.1) is 41.6 Å². The number of likely N-dealkylation sites (tertiary alicyclic amines) is 1. The maximum Gasteiger partial charge on any atom is 0.433 e. The van der Waals surface area contributed by atoms with Crippen molar-refractivity contribution in [2.75, 3.05) is 11.9 Å². The molecule has 1 aromatic carbocycles. The number of halogens is 3. The average molecular weight is 442 g/mol. The quantitative estimate of drug-likeness (QED) is 0.668. The molecule has 3 unspecified atom stereocenters. The molecule has 10 heteroatoms. The van der Waals surface area contributed by atoms with Crippen LogP contribution in [-0.4, -0.2) is 49.4 Å². The van der Waals surface area contributed by atoms with Crippen LogP contribution >= 0.6 is 0 Å². The molecule has 1 aliphatic heterocycles. The highest BCUT2D eigenvalue weighted by atomic mass is 19.4. The molecule has 2 bridgehead atoms. The Morgan fingerprint density at radius 2 is 1.88 bits per heavy atom. The molecule has 5 rings (SSSR count). The molecule has 1 amide bonds. The summed E-state index contributed by atoms with van der Waals surface area (Å²) in [6.07, 6.45) is 0.682. The summed E-state index contributed by atoms with van der Waals surface area (Å²) < 4.78 is 38.4. The Balaban J connectivity index is 1.38. The number of anilines is 1. The van der Waals surface area contributed by atoms with E-state index in [0.717, 1.165) is 12.5 Å². The Morgan fingerprint density at radius 3 is 2.53 bits per heavy atom. The van der Waals surface area contributed by atoms with Crippen LogP contribution in [-0.2, 0) is 6.18 Å². The van der Waals surface area contributed by atoms with E-state index in [4.69, 9.17) is 0 Å². The van der Waals surface area contributed by atoms with E-state index in [-0.39, 0.29) is 23.9 Å². The number of pyridine rings is 1. The number of fused-ring (bicyclic) bond motifs is 2. The van der Waals surface area contributed by atoms with Gasteiger partial charge >= 0.3 is 6.18 Å². The Hall–Kier alpha value is -3.43. The zero-order valence-corrected chi connectivity index (χ0v) is 17.2. The summed E-state index contributed by atoms with van der Waals surface area (Å²) >= 11 is 0. The fourth-order valence-corrected chi connectivity index (χ4v) is 4.99. The van der Waals surface area contributed by atoms with Crippen molar-refractivity contribution >= 4 is 11.6 Å². The van der Waals surface area contributed by atoms with Crippen LogP contribution in [0, 0.1) is 11.8 Å². The number of carbonyl (C=O) groups excluding carboxylic acids is 1. The summed E-state index contributed by atoms with van der Waals surface area (Å²) in [7, 11) is 0. The molecule has 32 heavy (non-hydrogen) atoms. The highest BCUT2D eigenvalue weighted by molar-refractivity contribution is 5.98. The SMILES string of the molecule is C[C@H]1C2CC(Nc3ccc(C(F)(F)F)nc3)C1N(C(=O)c1ccccc1-n1nccn1)C2. The van der Waals surface area contributed by atoms with Gasteiger partial charge in [0.25, 0.3) is 5.91 Å². The van der Waals surface area contributed by atoms with E-state index in [1.807, 2.05) is 17.0 Å². The van der Waals surface area contributed by atoms with Crippen LogP contribution < -0.4 is 5.32 Å². The lowest BCUT2D eigenvalue weighted by atomic mass is 10.0. The number of hydrogen-bond acceptors (Lipinski definition) is 5. The Labute approximate surface area is 182 Å². The number of para-hydroxylation sites is 1. The van der Waals surface area contributed by atoms with Crippen molar-refractivity contribution in [1.82, 2.24) is 24.9 Å². The number of hydrogen-bond donors (Lipinski definition) is 1. The van der Waals surface area contributed by atoms with E-state index in [1.165, 1.54) is 17.1 Å². The molecule has 3 aromatic rings. The first-order valence-corrected chi connectivity index (χ1v) is 10.4. The van der Waals surface area contributed by atoms with E-state index in [2.05, 4.69) is 27.4 Å². The molecule has 1 saturated heterocycles. The molecule has 166 valence electrons. The van der Waals surface area contributed by atoms with E-state index < -0.39 is 11.9 Å². The first kappa shape index (κ1) is 20.5. The zero-order chi connectivity index (χ0) is 22.5. The highest BCUT2D eigenvalue weighted by Crippen LogP contribution is 2.44. The zero-order valence-electron chi connectivity index (χ0n) is 17.2. The number of aromatic nitrogens is 4. The molecule has 4 atom stereocenters. The molecule has 3 heterocycles. The largest absolute Gasteiger partial charge is 0.433 e. The molecule has 2 aromatic heterocycles. The standard InChI is InChI=1S/C22H21F3N6O/c1-13-14-10-17(29-15-6-7-19(26-11-15)22(23,24)25)20(13)30(12-14)21(32)16-4-2-3-5-18(16)31-27-8-9-28-31/h2-9,11,13-14,17,20,29H,10,12H2,1H3/t13-,14?,17?,20?/m0/s1. The van der Waals surface area contributed by atoms with Crippen molar-refractivity contribution in [2.45, 2.75) is 31.6 Å². The second-order valence-corrected chi connectivity index (χ2v) is 8.32. The summed E-state index contributed by atoms with van der Waals surface area (Å²) in [6.45, 7) is 2.77. The molecular weight excluding hydrogens is 421 g/mol. The lowest BCUT2D eigenvalue weighted by Crippen LogP contribution is -2.48. The fraction of sp³-hybridized carbons (Fsp3) is 0.364. The fourth-order valence-electron chi connectivity index (χ4n) is 4.99. The van der Waals surface area contributed by atoms with Crippen molar-refractivity contribution in [3.63, 3.8) is 0 Å². The van der Waals surface area contributed by atoms with Crippen molar-refractivity contribution in [2.24, 2.45) is 11.8 Å². The lowest BCUT2D eigenvalue weighted by Gasteiger charge is -2.35. The first-order valence-electron chi connectivity index (χ1n) is 10.4. The van der Waals surface area contributed by atoms with Gasteiger partial charge < -0.3 is 10.2 Å². The number of nitrogens with zero attached hydrogens (tertiary/aromatic N) is 5. The van der Waals surface area contributed by atoms with E-state index in [1.54, 1.807) is 24.5 Å². The van der Waals surface area contributed by atoms with Crippen molar-refractivity contribution in [1.29, 1.82) is 0 Å². The monoisotopic (exact) mass is 442 g/mol. The smallest absolute Gasteiger partial charge is 0.379 e. The number of amides is 1. The number of benzene rings is 1. The number of carbonyl (C=O) groups is 1. The summed E-state index contributed by atoms with van der Waals surface area (Å²) in [6, 6.07) is 9.41. The molecule has 1 N–H and O–H groups in total. The van der Waals surface area contributed by atoms with Gasteiger partial charge in [0, 0.05) is 12.6 Å². The number of piperidine rings is 1. The maximum absolute atomic E-state index is 13.5.